The van der Waals surface area contributed by atoms with Gasteiger partial charge in [0, 0.05) is 18.7 Å². The van der Waals surface area contributed by atoms with Crippen molar-refractivity contribution in [1.82, 2.24) is 16.0 Å². The molecule has 1 heterocycles. The van der Waals surface area contributed by atoms with Gasteiger partial charge in [0.25, 0.3) is 0 Å². The molecule has 2 rings (SSSR count). The lowest BCUT2D eigenvalue weighted by Gasteiger charge is -2.39. The number of piperidine rings is 1. The van der Waals surface area contributed by atoms with E-state index in [1.807, 2.05) is 24.3 Å². The van der Waals surface area contributed by atoms with Gasteiger partial charge in [-0.1, -0.05) is 23.7 Å². The van der Waals surface area contributed by atoms with E-state index in [0.29, 0.717) is 18.0 Å². The summed E-state index contributed by atoms with van der Waals surface area (Å²) in [7, 11) is 1.43. The minimum absolute atomic E-state index is 0.0252. The molecule has 1 fully saturated rings. The van der Waals surface area contributed by atoms with Crippen LogP contribution in [-0.2, 0) is 16.0 Å². The highest BCUT2D eigenvalue weighted by atomic mass is 35.5. The van der Waals surface area contributed by atoms with Crippen molar-refractivity contribution in [2.45, 2.75) is 30.8 Å². The number of rotatable bonds is 7. The second-order valence-corrected chi connectivity index (χ2v) is 6.75. The Kier molecular flexibility index (Phi) is 7.04. The third kappa shape index (κ3) is 5.88. The first-order valence-corrected chi connectivity index (χ1v) is 8.57. The molecule has 1 aromatic carbocycles. The summed E-state index contributed by atoms with van der Waals surface area (Å²) in [4.78, 5) is 23.5. The smallest absolute Gasteiger partial charge is 0.405 e. The molecule has 0 bridgehead atoms. The summed E-state index contributed by atoms with van der Waals surface area (Å²) >= 11 is 5.94. The van der Waals surface area contributed by atoms with Crippen LogP contribution in [0.5, 0.6) is 0 Å². The zero-order chi connectivity index (χ0) is 18.3. The fraction of sp³-hybridized carbons (Fsp3) is 0.529. The number of amides is 2. The van der Waals surface area contributed by atoms with Gasteiger partial charge in [0.1, 0.15) is 6.04 Å². The molecule has 7 nitrogen and oxygen atoms in total. The van der Waals surface area contributed by atoms with Crippen molar-refractivity contribution in [3.05, 3.63) is 34.9 Å². The summed E-state index contributed by atoms with van der Waals surface area (Å²) in [5, 5.41) is 18.1. The van der Waals surface area contributed by atoms with Crippen LogP contribution in [0.1, 0.15) is 18.4 Å². The second kappa shape index (κ2) is 9.03. The van der Waals surface area contributed by atoms with Crippen molar-refractivity contribution in [2.75, 3.05) is 26.8 Å². The normalized spacial score (nSPS) is 21.4. The fourth-order valence-electron chi connectivity index (χ4n) is 3.11. The molecule has 0 saturated carbocycles. The Hall–Kier alpha value is -1.83. The number of hydrogen-bond donors (Lipinski definition) is 4. The molecular formula is C17H24ClN3O4. The Balaban J connectivity index is 2.13. The van der Waals surface area contributed by atoms with Crippen LogP contribution in [0.15, 0.2) is 24.3 Å². The lowest BCUT2D eigenvalue weighted by Crippen LogP contribution is -2.63. The zero-order valence-electron chi connectivity index (χ0n) is 14.2. The molecule has 0 aliphatic carbocycles. The number of carboxylic acid groups (broad SMARTS) is 1. The van der Waals surface area contributed by atoms with Gasteiger partial charge in [0.05, 0.1) is 12.1 Å². The van der Waals surface area contributed by atoms with Crippen LogP contribution in [0.25, 0.3) is 0 Å². The largest absolute Gasteiger partial charge is 0.465 e. The number of methoxy groups -OCH3 is 1. The Labute approximate surface area is 152 Å². The van der Waals surface area contributed by atoms with Crippen molar-refractivity contribution >= 4 is 23.6 Å². The number of halogens is 1. The number of carbonyl (C=O) groups is 2. The lowest BCUT2D eigenvalue weighted by molar-refractivity contribution is -0.126. The highest BCUT2D eigenvalue weighted by Crippen LogP contribution is 2.23. The molecule has 1 aromatic rings. The topological polar surface area (TPSA) is 99.7 Å². The van der Waals surface area contributed by atoms with Gasteiger partial charge in [0.15, 0.2) is 0 Å². The molecule has 0 aromatic heterocycles. The Morgan fingerprint density at radius 1 is 1.40 bits per heavy atom. The molecule has 138 valence electrons. The second-order valence-electron chi connectivity index (χ2n) is 6.31. The van der Waals surface area contributed by atoms with Crippen molar-refractivity contribution in [3.8, 4) is 0 Å². The van der Waals surface area contributed by atoms with E-state index in [1.54, 1.807) is 0 Å². The van der Waals surface area contributed by atoms with Crippen molar-refractivity contribution < 1.29 is 19.4 Å². The van der Waals surface area contributed by atoms with Gasteiger partial charge in [-0.05, 0) is 43.5 Å². The first kappa shape index (κ1) is 19.5. The van der Waals surface area contributed by atoms with E-state index in [2.05, 4.69) is 16.0 Å². The fourth-order valence-corrected chi connectivity index (χ4v) is 3.24. The van der Waals surface area contributed by atoms with Gasteiger partial charge in [-0.3, -0.25) is 4.79 Å². The van der Waals surface area contributed by atoms with Gasteiger partial charge in [-0.2, -0.15) is 0 Å². The highest BCUT2D eigenvalue weighted by Gasteiger charge is 2.36. The predicted molar refractivity (Wildman–Crippen MR) is 95.0 cm³/mol. The van der Waals surface area contributed by atoms with E-state index in [4.69, 9.17) is 21.4 Å². The average Bonchev–Trinajstić information content (AvgIpc) is 2.57. The van der Waals surface area contributed by atoms with Crippen LogP contribution in [0, 0.1) is 0 Å². The summed E-state index contributed by atoms with van der Waals surface area (Å²) in [6.07, 6.45) is 1.11. The molecule has 0 radical (unpaired) electrons. The lowest BCUT2D eigenvalue weighted by atomic mass is 9.83. The quantitative estimate of drug-likeness (QED) is 0.582. The molecule has 25 heavy (non-hydrogen) atoms. The Morgan fingerprint density at radius 3 is 2.68 bits per heavy atom. The maximum absolute atomic E-state index is 12.6. The van der Waals surface area contributed by atoms with Crippen LogP contribution in [-0.4, -0.2) is 55.5 Å². The summed E-state index contributed by atoms with van der Waals surface area (Å²) < 4.78 is 4.96. The summed E-state index contributed by atoms with van der Waals surface area (Å²) in [6.45, 7) is 1.49. The third-order valence-corrected chi connectivity index (χ3v) is 4.52. The number of carbonyl (C=O) groups excluding carboxylic acids is 1. The summed E-state index contributed by atoms with van der Waals surface area (Å²) in [5.74, 6) is -0.387. The summed E-state index contributed by atoms with van der Waals surface area (Å²) in [5.41, 5.74) is 0.581. The minimum atomic E-state index is -1.26. The average molecular weight is 370 g/mol. The third-order valence-electron chi connectivity index (χ3n) is 4.26. The minimum Gasteiger partial charge on any atom is -0.465 e. The van der Waals surface area contributed by atoms with Crippen molar-refractivity contribution in [3.63, 3.8) is 0 Å². The highest BCUT2D eigenvalue weighted by molar-refractivity contribution is 6.30. The maximum Gasteiger partial charge on any atom is 0.405 e. The van der Waals surface area contributed by atoms with Crippen LogP contribution < -0.4 is 16.0 Å². The number of ether oxygens (including phenoxy) is 1. The predicted octanol–water partition coefficient (Wildman–Crippen LogP) is 1.40. The Morgan fingerprint density at radius 2 is 2.12 bits per heavy atom. The SMILES string of the molecule is COCC(NC(=O)O)C(=O)N[C@@]1(Cc2ccc(Cl)cc2)CCCNC1. The van der Waals surface area contributed by atoms with E-state index in [-0.39, 0.29) is 12.5 Å². The van der Waals surface area contributed by atoms with Crippen LogP contribution in [0.3, 0.4) is 0 Å². The first-order valence-electron chi connectivity index (χ1n) is 8.20. The van der Waals surface area contributed by atoms with Gasteiger partial charge < -0.3 is 25.8 Å². The van der Waals surface area contributed by atoms with E-state index in [1.165, 1.54) is 7.11 Å². The molecule has 2 amide bonds. The standard InChI is InChI=1S/C17H24ClN3O4/c1-25-10-14(20-16(23)24)15(22)21-17(7-2-8-19-11-17)9-12-3-5-13(18)6-4-12/h3-6,14,19-20H,2,7-11H2,1H3,(H,21,22)(H,23,24)/t14?,17-/m1/s1. The first-order chi connectivity index (χ1) is 11.9. The maximum atomic E-state index is 12.6. The number of nitrogens with one attached hydrogen (secondary N) is 3. The molecule has 4 N–H and O–H groups in total. The monoisotopic (exact) mass is 369 g/mol. The van der Waals surface area contributed by atoms with Gasteiger partial charge in [0.2, 0.25) is 5.91 Å². The molecule has 8 heteroatoms. The van der Waals surface area contributed by atoms with Gasteiger partial charge >= 0.3 is 6.09 Å². The molecule has 1 unspecified atom stereocenters. The molecule has 1 saturated heterocycles. The van der Waals surface area contributed by atoms with Crippen molar-refractivity contribution in [2.24, 2.45) is 0 Å². The van der Waals surface area contributed by atoms with Crippen LogP contribution in [0.2, 0.25) is 5.02 Å². The van der Waals surface area contributed by atoms with E-state index < -0.39 is 17.7 Å². The molecular weight excluding hydrogens is 346 g/mol. The number of hydrogen-bond acceptors (Lipinski definition) is 4. The van der Waals surface area contributed by atoms with E-state index in [9.17, 15) is 9.59 Å². The Bertz CT molecular complexity index is 588. The zero-order valence-corrected chi connectivity index (χ0v) is 14.9. The molecule has 0 spiro atoms. The van der Waals surface area contributed by atoms with Crippen molar-refractivity contribution in [1.29, 1.82) is 0 Å². The van der Waals surface area contributed by atoms with E-state index in [0.717, 1.165) is 24.9 Å². The molecule has 2 atom stereocenters. The number of benzene rings is 1. The van der Waals surface area contributed by atoms with Crippen LogP contribution >= 0.6 is 11.6 Å². The molecule has 1 aliphatic rings. The van der Waals surface area contributed by atoms with Crippen LogP contribution in [0.4, 0.5) is 4.79 Å². The molecule has 1 aliphatic heterocycles. The summed E-state index contributed by atoms with van der Waals surface area (Å²) in [6, 6.07) is 6.57. The van der Waals surface area contributed by atoms with Gasteiger partial charge in [-0.25, -0.2) is 4.79 Å². The van der Waals surface area contributed by atoms with Gasteiger partial charge in [-0.15, -0.1) is 0 Å². The van der Waals surface area contributed by atoms with E-state index >= 15 is 0 Å².